The maximum absolute atomic E-state index is 11.7. The lowest BCUT2D eigenvalue weighted by atomic mass is 9.97. The van der Waals surface area contributed by atoms with Crippen molar-refractivity contribution in [1.29, 1.82) is 0 Å². The first kappa shape index (κ1) is 15.9. The van der Waals surface area contributed by atoms with Crippen molar-refractivity contribution in [1.82, 2.24) is 0 Å². The molecule has 1 saturated carbocycles. The zero-order chi connectivity index (χ0) is 15.6. The van der Waals surface area contributed by atoms with Crippen LogP contribution in [0.15, 0.2) is 18.2 Å². The maximum Gasteiger partial charge on any atom is 0.150 e. The third kappa shape index (κ3) is 4.03. The number of hydrogen-bond donors (Lipinski definition) is 1. The lowest BCUT2D eigenvalue weighted by Crippen LogP contribution is -2.33. The van der Waals surface area contributed by atoms with Crippen LogP contribution in [-0.4, -0.2) is 40.1 Å². The second-order valence-electron chi connectivity index (χ2n) is 5.97. The van der Waals surface area contributed by atoms with E-state index in [1.165, 1.54) is 6.26 Å². The van der Waals surface area contributed by atoms with Crippen LogP contribution in [0, 0.1) is 0 Å². The van der Waals surface area contributed by atoms with Crippen molar-refractivity contribution in [2.24, 2.45) is 0 Å². The van der Waals surface area contributed by atoms with Gasteiger partial charge in [0.2, 0.25) is 0 Å². The van der Waals surface area contributed by atoms with Crippen molar-refractivity contribution >= 4 is 21.2 Å². The number of nitrogens with two attached hydrogens (primary N) is 1. The van der Waals surface area contributed by atoms with Gasteiger partial charge in [-0.1, -0.05) is 0 Å². The smallest absolute Gasteiger partial charge is 0.150 e. The van der Waals surface area contributed by atoms with E-state index in [0.717, 1.165) is 24.9 Å². The first-order valence-corrected chi connectivity index (χ1v) is 9.15. The van der Waals surface area contributed by atoms with Gasteiger partial charge in [0.25, 0.3) is 0 Å². The van der Waals surface area contributed by atoms with E-state index in [1.54, 1.807) is 0 Å². The van der Waals surface area contributed by atoms with Crippen LogP contribution >= 0.6 is 0 Å². The summed E-state index contributed by atoms with van der Waals surface area (Å²) in [5, 5.41) is -0.297. The van der Waals surface area contributed by atoms with Gasteiger partial charge in [-0.25, -0.2) is 8.42 Å². The summed E-state index contributed by atoms with van der Waals surface area (Å²) >= 11 is 0. The highest BCUT2D eigenvalue weighted by molar-refractivity contribution is 7.91. The molecule has 0 spiro atoms. The Morgan fingerprint density at radius 3 is 2.62 bits per heavy atom. The summed E-state index contributed by atoms with van der Waals surface area (Å²) in [6.07, 6.45) is 4.24. The van der Waals surface area contributed by atoms with Gasteiger partial charge in [0, 0.05) is 38.5 Å². The maximum atomic E-state index is 11.7. The Kier molecular flexibility index (Phi) is 4.66. The average Bonchev–Trinajstić information content (AvgIpc) is 2.40. The number of rotatable bonds is 4. The van der Waals surface area contributed by atoms with Gasteiger partial charge in [-0.3, -0.25) is 0 Å². The largest absolute Gasteiger partial charge is 0.488 e. The van der Waals surface area contributed by atoms with Crippen molar-refractivity contribution in [2.45, 2.75) is 37.0 Å². The summed E-state index contributed by atoms with van der Waals surface area (Å²) in [6, 6.07) is 5.66. The van der Waals surface area contributed by atoms with E-state index >= 15 is 0 Å². The molecule has 1 aliphatic carbocycles. The number of hydrogen-bond acceptors (Lipinski definition) is 5. The molecule has 0 bridgehead atoms. The second-order valence-corrected chi connectivity index (χ2v) is 8.30. The molecule has 1 aliphatic rings. The average molecular weight is 312 g/mol. The molecule has 2 rings (SSSR count). The third-order valence-electron chi connectivity index (χ3n) is 3.99. The van der Waals surface area contributed by atoms with Crippen LogP contribution in [0.3, 0.4) is 0 Å². The topological polar surface area (TPSA) is 72.6 Å². The van der Waals surface area contributed by atoms with Crippen LogP contribution in [0.1, 0.15) is 25.7 Å². The van der Waals surface area contributed by atoms with Gasteiger partial charge in [-0.2, -0.15) is 0 Å². The molecule has 118 valence electrons. The minimum absolute atomic E-state index is 0.0850. The number of ether oxygens (including phenoxy) is 1. The van der Waals surface area contributed by atoms with Crippen molar-refractivity contribution in [2.75, 3.05) is 31.0 Å². The third-order valence-corrected chi connectivity index (χ3v) is 5.63. The molecule has 2 atom stereocenters. The summed E-state index contributed by atoms with van der Waals surface area (Å²) in [7, 11) is 0.906. The molecule has 1 aromatic rings. The molecule has 2 N–H and O–H groups in total. The van der Waals surface area contributed by atoms with E-state index in [-0.39, 0.29) is 11.4 Å². The Morgan fingerprint density at radius 2 is 2.00 bits per heavy atom. The number of nitrogens with zero attached hydrogens (tertiary/aromatic N) is 1. The quantitative estimate of drug-likeness (QED) is 0.862. The lowest BCUT2D eigenvalue weighted by Gasteiger charge is -2.29. The molecule has 0 heterocycles. The van der Waals surface area contributed by atoms with E-state index in [0.29, 0.717) is 17.9 Å². The summed E-state index contributed by atoms with van der Waals surface area (Å²) in [4.78, 5) is 1.98. The van der Waals surface area contributed by atoms with E-state index < -0.39 is 9.84 Å². The monoisotopic (exact) mass is 312 g/mol. The minimum Gasteiger partial charge on any atom is -0.488 e. The molecule has 6 heteroatoms. The molecule has 0 radical (unpaired) electrons. The predicted molar refractivity (Wildman–Crippen MR) is 86.7 cm³/mol. The fourth-order valence-corrected chi connectivity index (χ4v) is 3.84. The Labute approximate surface area is 127 Å². The fourth-order valence-electron chi connectivity index (χ4n) is 2.68. The molecule has 0 aliphatic heterocycles. The molecule has 1 aromatic carbocycles. The number of benzene rings is 1. The van der Waals surface area contributed by atoms with E-state index in [9.17, 15) is 8.42 Å². The Hall–Kier alpha value is -1.43. The van der Waals surface area contributed by atoms with Crippen molar-refractivity contribution < 1.29 is 13.2 Å². The minimum atomic E-state index is -3.00. The van der Waals surface area contributed by atoms with Gasteiger partial charge in [-0.05, 0) is 31.4 Å². The zero-order valence-electron chi connectivity index (χ0n) is 12.9. The van der Waals surface area contributed by atoms with Crippen molar-refractivity contribution in [3.8, 4) is 5.75 Å². The second kappa shape index (κ2) is 6.13. The zero-order valence-corrected chi connectivity index (χ0v) is 13.7. The SMILES string of the molecule is CN(C)c1ccc(N)c(OC2CCCC(S(C)(=O)=O)C2)c1. The molecular formula is C15H24N2O3S. The van der Waals surface area contributed by atoms with Gasteiger partial charge in [0.1, 0.15) is 21.7 Å². The van der Waals surface area contributed by atoms with Crippen molar-refractivity contribution in [3.63, 3.8) is 0 Å². The number of nitrogen functional groups attached to an aromatic ring is 1. The standard InChI is InChI=1S/C15H24N2O3S/c1-17(2)11-7-8-14(16)15(9-11)20-12-5-4-6-13(10-12)21(3,18)19/h7-9,12-13H,4-6,10,16H2,1-3H3. The molecule has 2 unspecified atom stereocenters. The van der Waals surface area contributed by atoms with Crippen molar-refractivity contribution in [3.05, 3.63) is 18.2 Å². The Bertz CT molecular complexity index is 599. The molecule has 0 saturated heterocycles. The van der Waals surface area contributed by atoms with Crippen LogP contribution in [0.2, 0.25) is 0 Å². The highest BCUT2D eigenvalue weighted by Crippen LogP contribution is 2.32. The number of sulfone groups is 1. The molecule has 0 amide bonds. The Morgan fingerprint density at radius 1 is 1.29 bits per heavy atom. The molecular weight excluding hydrogens is 288 g/mol. The summed E-state index contributed by atoms with van der Waals surface area (Å²) in [5.41, 5.74) is 7.56. The first-order valence-electron chi connectivity index (χ1n) is 7.19. The van der Waals surface area contributed by atoms with E-state index in [1.807, 2.05) is 37.2 Å². The first-order chi connectivity index (χ1) is 9.77. The fraction of sp³-hybridized carbons (Fsp3) is 0.600. The van der Waals surface area contributed by atoms with Crippen LogP contribution in [0.25, 0.3) is 0 Å². The molecule has 21 heavy (non-hydrogen) atoms. The highest BCUT2D eigenvalue weighted by atomic mass is 32.2. The van der Waals surface area contributed by atoms with Gasteiger partial charge >= 0.3 is 0 Å². The normalized spacial score (nSPS) is 22.8. The lowest BCUT2D eigenvalue weighted by molar-refractivity contribution is 0.157. The highest BCUT2D eigenvalue weighted by Gasteiger charge is 2.30. The number of anilines is 2. The summed E-state index contributed by atoms with van der Waals surface area (Å²) in [5.74, 6) is 0.639. The van der Waals surface area contributed by atoms with E-state index in [2.05, 4.69) is 0 Å². The molecule has 1 fully saturated rings. The van der Waals surface area contributed by atoms with Crippen LogP contribution < -0.4 is 15.4 Å². The summed E-state index contributed by atoms with van der Waals surface area (Å²) in [6.45, 7) is 0. The predicted octanol–water partition coefficient (Wildman–Crippen LogP) is 2.07. The van der Waals surface area contributed by atoms with Crippen LogP contribution in [-0.2, 0) is 9.84 Å². The Balaban J connectivity index is 2.12. The van der Waals surface area contributed by atoms with Crippen LogP contribution in [0.5, 0.6) is 5.75 Å². The van der Waals surface area contributed by atoms with Crippen LogP contribution in [0.4, 0.5) is 11.4 Å². The molecule has 5 nitrogen and oxygen atoms in total. The van der Waals surface area contributed by atoms with Gasteiger partial charge in [-0.15, -0.1) is 0 Å². The summed E-state index contributed by atoms with van der Waals surface area (Å²) < 4.78 is 29.4. The van der Waals surface area contributed by atoms with E-state index in [4.69, 9.17) is 10.5 Å². The van der Waals surface area contributed by atoms with Gasteiger partial charge in [0.05, 0.1) is 10.9 Å². The van der Waals surface area contributed by atoms with Gasteiger partial charge < -0.3 is 15.4 Å². The van der Waals surface area contributed by atoms with Gasteiger partial charge in [0.15, 0.2) is 0 Å². The molecule has 0 aromatic heterocycles.